The van der Waals surface area contributed by atoms with Crippen molar-refractivity contribution >= 4 is 17.6 Å². The maximum absolute atomic E-state index is 10.9. The highest BCUT2D eigenvalue weighted by Crippen LogP contribution is 2.19. The van der Waals surface area contributed by atoms with Gasteiger partial charge >= 0.3 is 11.9 Å². The van der Waals surface area contributed by atoms with Gasteiger partial charge in [0.05, 0.1) is 5.56 Å². The zero-order valence-electron chi connectivity index (χ0n) is 10.6. The number of nitrogens with zero attached hydrogens (tertiary/aromatic N) is 3. The summed E-state index contributed by atoms with van der Waals surface area (Å²) in [7, 11) is 0. The molecule has 2 N–H and O–H groups in total. The van der Waals surface area contributed by atoms with Gasteiger partial charge in [-0.25, -0.2) is 19.1 Å². The van der Waals surface area contributed by atoms with Crippen molar-refractivity contribution in [2.75, 3.05) is 0 Å². The summed E-state index contributed by atoms with van der Waals surface area (Å²) in [6.07, 6.45) is 3.23. The van der Waals surface area contributed by atoms with Crippen LogP contribution in [0.4, 0.5) is 0 Å². The van der Waals surface area contributed by atoms with E-state index in [9.17, 15) is 9.59 Å². The van der Waals surface area contributed by atoms with Gasteiger partial charge in [0.25, 0.3) is 0 Å². The van der Waals surface area contributed by atoms with E-state index >= 15 is 0 Å². The van der Waals surface area contributed by atoms with Crippen LogP contribution in [0.15, 0.2) is 42.7 Å². The van der Waals surface area contributed by atoms with E-state index in [4.69, 9.17) is 10.2 Å². The Labute approximate surface area is 118 Å². The van der Waals surface area contributed by atoms with Crippen LogP contribution in [0.1, 0.15) is 20.8 Å². The van der Waals surface area contributed by atoms with Crippen molar-refractivity contribution in [3.05, 3.63) is 54.0 Å². The normalized spacial score (nSPS) is 10.7. The van der Waals surface area contributed by atoms with Crippen molar-refractivity contribution in [3.63, 3.8) is 0 Å². The van der Waals surface area contributed by atoms with Gasteiger partial charge in [-0.2, -0.15) is 5.10 Å². The van der Waals surface area contributed by atoms with Crippen LogP contribution < -0.4 is 0 Å². The van der Waals surface area contributed by atoms with Crippen molar-refractivity contribution in [1.82, 2.24) is 14.6 Å². The summed E-state index contributed by atoms with van der Waals surface area (Å²) in [5.74, 6) is -2.11. The molecule has 3 rings (SSSR count). The molecule has 0 fully saturated rings. The molecule has 0 spiro atoms. The molecule has 0 aliphatic heterocycles. The Balaban J connectivity index is 2.03. The molecule has 0 radical (unpaired) electrons. The van der Waals surface area contributed by atoms with E-state index in [1.807, 2.05) is 0 Å². The van der Waals surface area contributed by atoms with Crippen LogP contribution in [0, 0.1) is 0 Å². The minimum absolute atomic E-state index is 0.0825. The highest BCUT2D eigenvalue weighted by molar-refractivity contribution is 5.88. The Hall–Kier alpha value is -3.22. The van der Waals surface area contributed by atoms with Crippen molar-refractivity contribution in [3.8, 4) is 11.1 Å². The number of benzene rings is 1. The Morgan fingerprint density at radius 1 is 1.00 bits per heavy atom. The highest BCUT2D eigenvalue weighted by atomic mass is 16.4. The number of fused-ring (bicyclic) bond motifs is 1. The van der Waals surface area contributed by atoms with Crippen molar-refractivity contribution < 1.29 is 19.8 Å². The topological polar surface area (TPSA) is 105 Å². The van der Waals surface area contributed by atoms with E-state index in [0.29, 0.717) is 11.2 Å². The number of rotatable bonds is 3. The Kier molecular flexibility index (Phi) is 2.87. The lowest BCUT2D eigenvalue weighted by Gasteiger charge is -2.02. The zero-order valence-corrected chi connectivity index (χ0v) is 10.6. The fourth-order valence-corrected chi connectivity index (χ4v) is 1.94. The molecule has 0 aliphatic carbocycles. The van der Waals surface area contributed by atoms with Gasteiger partial charge in [-0.3, -0.25) is 0 Å². The quantitative estimate of drug-likeness (QED) is 0.759. The first-order valence-electron chi connectivity index (χ1n) is 5.97. The van der Waals surface area contributed by atoms with Crippen LogP contribution in [-0.2, 0) is 0 Å². The third-order valence-corrected chi connectivity index (χ3v) is 3.00. The predicted octanol–water partition coefficient (Wildman–Crippen LogP) is 1.79. The summed E-state index contributed by atoms with van der Waals surface area (Å²) in [5.41, 5.74) is 2.01. The first kappa shape index (κ1) is 12.8. The fraction of sp³-hybridized carbons (Fsp3) is 0. The van der Waals surface area contributed by atoms with Crippen LogP contribution in [0.2, 0.25) is 0 Å². The maximum atomic E-state index is 10.9. The first-order chi connectivity index (χ1) is 10.0. The second-order valence-corrected chi connectivity index (χ2v) is 4.36. The predicted molar refractivity (Wildman–Crippen MR) is 72.3 cm³/mol. The standard InChI is InChI=1S/C14H9N3O4/c18-13(19)9-3-1-8(2-4-9)10-6-15-12-5-11(14(20)21)16-17(12)7-10/h1-7H,(H,18,19)(H,20,21). The monoisotopic (exact) mass is 283 g/mol. The summed E-state index contributed by atoms with van der Waals surface area (Å²) >= 11 is 0. The van der Waals surface area contributed by atoms with Crippen LogP contribution in [0.25, 0.3) is 16.8 Å². The molecule has 3 aromatic rings. The summed E-state index contributed by atoms with van der Waals surface area (Å²) in [5, 5.41) is 21.7. The molecule has 104 valence electrons. The van der Waals surface area contributed by atoms with Gasteiger partial charge in [0.15, 0.2) is 11.3 Å². The van der Waals surface area contributed by atoms with E-state index in [1.165, 1.54) is 22.7 Å². The molecule has 0 saturated heterocycles. The minimum Gasteiger partial charge on any atom is -0.478 e. The Bertz CT molecular complexity index is 852. The number of carboxylic acid groups (broad SMARTS) is 2. The van der Waals surface area contributed by atoms with Gasteiger partial charge < -0.3 is 10.2 Å². The van der Waals surface area contributed by atoms with Crippen molar-refractivity contribution in [1.29, 1.82) is 0 Å². The number of aromatic carboxylic acids is 2. The molecule has 21 heavy (non-hydrogen) atoms. The first-order valence-corrected chi connectivity index (χ1v) is 5.97. The van der Waals surface area contributed by atoms with Gasteiger partial charge in [-0.15, -0.1) is 0 Å². The Morgan fingerprint density at radius 3 is 2.33 bits per heavy atom. The van der Waals surface area contributed by atoms with Crippen LogP contribution >= 0.6 is 0 Å². The molecule has 0 saturated carbocycles. The fourth-order valence-electron chi connectivity index (χ4n) is 1.94. The lowest BCUT2D eigenvalue weighted by atomic mass is 10.1. The lowest BCUT2D eigenvalue weighted by Crippen LogP contribution is -1.98. The van der Waals surface area contributed by atoms with Gasteiger partial charge in [-0.1, -0.05) is 12.1 Å². The van der Waals surface area contributed by atoms with Crippen LogP contribution in [0.3, 0.4) is 0 Å². The molecule has 0 atom stereocenters. The van der Waals surface area contributed by atoms with Gasteiger partial charge in [0.1, 0.15) is 0 Å². The summed E-state index contributed by atoms with van der Waals surface area (Å²) in [6.45, 7) is 0. The molecule has 0 bridgehead atoms. The Morgan fingerprint density at radius 2 is 1.71 bits per heavy atom. The van der Waals surface area contributed by atoms with E-state index in [2.05, 4.69) is 10.1 Å². The lowest BCUT2D eigenvalue weighted by molar-refractivity contribution is 0.0682. The van der Waals surface area contributed by atoms with Crippen LogP contribution in [0.5, 0.6) is 0 Å². The summed E-state index contributed by atoms with van der Waals surface area (Å²) < 4.78 is 1.38. The van der Waals surface area contributed by atoms with E-state index < -0.39 is 11.9 Å². The number of hydrogen-bond acceptors (Lipinski definition) is 4. The molecule has 2 heterocycles. The summed E-state index contributed by atoms with van der Waals surface area (Å²) in [4.78, 5) is 25.8. The smallest absolute Gasteiger partial charge is 0.356 e. The van der Waals surface area contributed by atoms with Crippen molar-refractivity contribution in [2.45, 2.75) is 0 Å². The van der Waals surface area contributed by atoms with E-state index in [-0.39, 0.29) is 11.3 Å². The maximum Gasteiger partial charge on any atom is 0.356 e. The SMILES string of the molecule is O=C(O)c1ccc(-c2cnc3cc(C(=O)O)nn3c2)cc1. The molecule has 1 aromatic carbocycles. The molecular weight excluding hydrogens is 274 g/mol. The van der Waals surface area contributed by atoms with Crippen molar-refractivity contribution in [2.24, 2.45) is 0 Å². The summed E-state index contributed by atoms with van der Waals surface area (Å²) in [6, 6.07) is 7.68. The molecule has 7 heteroatoms. The second kappa shape index (κ2) is 4.71. The van der Waals surface area contributed by atoms with Gasteiger partial charge in [-0.05, 0) is 17.7 Å². The number of hydrogen-bond donors (Lipinski definition) is 2. The zero-order chi connectivity index (χ0) is 15.0. The highest BCUT2D eigenvalue weighted by Gasteiger charge is 2.10. The number of carboxylic acids is 2. The number of carbonyl (C=O) groups is 2. The average molecular weight is 283 g/mol. The van der Waals surface area contributed by atoms with E-state index in [0.717, 1.165) is 5.56 Å². The van der Waals surface area contributed by atoms with Gasteiger partial charge in [0.2, 0.25) is 0 Å². The van der Waals surface area contributed by atoms with E-state index in [1.54, 1.807) is 24.5 Å². The molecule has 7 nitrogen and oxygen atoms in total. The molecule has 0 aliphatic rings. The molecular formula is C14H9N3O4. The molecule has 0 amide bonds. The third kappa shape index (κ3) is 2.32. The molecule has 2 aromatic heterocycles. The second-order valence-electron chi connectivity index (χ2n) is 4.36. The van der Waals surface area contributed by atoms with Crippen LogP contribution in [-0.4, -0.2) is 36.7 Å². The molecule has 0 unspecified atom stereocenters. The average Bonchev–Trinajstić information content (AvgIpc) is 2.90. The minimum atomic E-state index is -1.12. The largest absolute Gasteiger partial charge is 0.478 e. The van der Waals surface area contributed by atoms with Gasteiger partial charge in [0, 0.05) is 24.0 Å². The third-order valence-electron chi connectivity index (χ3n) is 3.00. The number of aromatic nitrogens is 3.